The summed E-state index contributed by atoms with van der Waals surface area (Å²) in [5, 5.41) is 3.95. The van der Waals surface area contributed by atoms with Gasteiger partial charge in [0.15, 0.2) is 0 Å². The van der Waals surface area contributed by atoms with E-state index in [1.807, 2.05) is 31.7 Å². The molecule has 2 aromatic rings. The van der Waals surface area contributed by atoms with Crippen LogP contribution < -0.4 is 0 Å². The minimum atomic E-state index is 0.200. The van der Waals surface area contributed by atoms with Crippen LogP contribution in [0.25, 0.3) is 0 Å². The number of amides is 1. The van der Waals surface area contributed by atoms with Crippen molar-refractivity contribution in [2.24, 2.45) is 0 Å². The van der Waals surface area contributed by atoms with Crippen molar-refractivity contribution < 1.29 is 9.32 Å². The summed E-state index contributed by atoms with van der Waals surface area (Å²) in [6.07, 6.45) is 5.08. The molecule has 6 nitrogen and oxygen atoms in total. The van der Waals surface area contributed by atoms with E-state index in [0.717, 1.165) is 54.5 Å². The molecule has 3 rings (SSSR count). The zero-order valence-corrected chi connectivity index (χ0v) is 14.6. The van der Waals surface area contributed by atoms with E-state index < -0.39 is 0 Å². The van der Waals surface area contributed by atoms with Crippen molar-refractivity contribution >= 4 is 5.91 Å². The molecule has 2 aromatic heterocycles. The van der Waals surface area contributed by atoms with E-state index in [0.29, 0.717) is 18.8 Å². The summed E-state index contributed by atoms with van der Waals surface area (Å²) in [5.41, 5.74) is 2.99. The van der Waals surface area contributed by atoms with Crippen LogP contribution in [-0.2, 0) is 11.2 Å². The Morgan fingerprint density at radius 1 is 1.38 bits per heavy atom. The summed E-state index contributed by atoms with van der Waals surface area (Å²) in [6.45, 7) is 7.30. The van der Waals surface area contributed by atoms with E-state index in [1.165, 1.54) is 0 Å². The van der Waals surface area contributed by atoms with Gasteiger partial charge in [-0.25, -0.2) is 9.97 Å². The molecule has 0 saturated carbocycles. The average molecular weight is 328 g/mol. The maximum atomic E-state index is 12.6. The lowest BCUT2D eigenvalue weighted by atomic mass is 9.94. The van der Waals surface area contributed by atoms with Crippen LogP contribution in [0.3, 0.4) is 0 Å². The quantitative estimate of drug-likeness (QED) is 0.863. The van der Waals surface area contributed by atoms with Crippen LogP contribution in [0.2, 0.25) is 0 Å². The van der Waals surface area contributed by atoms with Crippen LogP contribution in [0.4, 0.5) is 0 Å². The Morgan fingerprint density at radius 2 is 2.21 bits per heavy atom. The van der Waals surface area contributed by atoms with Crippen LogP contribution in [0.15, 0.2) is 16.8 Å². The Kier molecular flexibility index (Phi) is 4.92. The Labute approximate surface area is 142 Å². The van der Waals surface area contributed by atoms with Gasteiger partial charge in [0.1, 0.15) is 11.6 Å². The number of carbonyl (C=O) groups is 1. The van der Waals surface area contributed by atoms with E-state index in [2.05, 4.69) is 15.1 Å². The number of nitrogens with zero attached hydrogens (tertiary/aromatic N) is 4. The maximum absolute atomic E-state index is 12.6. The predicted octanol–water partition coefficient (Wildman–Crippen LogP) is 2.73. The molecule has 1 aliphatic heterocycles. The van der Waals surface area contributed by atoms with Crippen molar-refractivity contribution in [1.82, 2.24) is 20.0 Å². The molecule has 0 aromatic carbocycles. The van der Waals surface area contributed by atoms with E-state index in [9.17, 15) is 4.79 Å². The van der Waals surface area contributed by atoms with Gasteiger partial charge in [0.2, 0.25) is 5.91 Å². The Balaban J connectivity index is 1.61. The molecule has 3 heterocycles. The zero-order valence-electron chi connectivity index (χ0n) is 14.6. The molecule has 24 heavy (non-hydrogen) atoms. The number of rotatable bonds is 4. The Hall–Kier alpha value is -2.24. The lowest BCUT2D eigenvalue weighted by Gasteiger charge is -2.32. The predicted molar refractivity (Wildman–Crippen MR) is 89.6 cm³/mol. The first-order valence-electron chi connectivity index (χ1n) is 8.53. The average Bonchev–Trinajstić information content (AvgIpc) is 2.91. The first-order valence-corrected chi connectivity index (χ1v) is 8.53. The van der Waals surface area contributed by atoms with Gasteiger partial charge in [-0.2, -0.15) is 0 Å². The van der Waals surface area contributed by atoms with Gasteiger partial charge in [0.05, 0.1) is 5.69 Å². The van der Waals surface area contributed by atoms with Gasteiger partial charge < -0.3 is 9.42 Å². The number of hydrogen-bond acceptors (Lipinski definition) is 5. The minimum absolute atomic E-state index is 0.200. The second-order valence-corrected chi connectivity index (χ2v) is 6.51. The monoisotopic (exact) mass is 328 g/mol. The van der Waals surface area contributed by atoms with E-state index in [4.69, 9.17) is 4.52 Å². The van der Waals surface area contributed by atoms with Crippen molar-refractivity contribution in [3.63, 3.8) is 0 Å². The van der Waals surface area contributed by atoms with Crippen molar-refractivity contribution in [2.75, 3.05) is 13.1 Å². The van der Waals surface area contributed by atoms with E-state index in [-0.39, 0.29) is 5.91 Å². The van der Waals surface area contributed by atoms with Gasteiger partial charge in [0, 0.05) is 42.9 Å². The highest BCUT2D eigenvalue weighted by Gasteiger charge is 2.26. The molecule has 1 saturated heterocycles. The van der Waals surface area contributed by atoms with Gasteiger partial charge in [-0.3, -0.25) is 4.79 Å². The van der Waals surface area contributed by atoms with Crippen molar-refractivity contribution in [2.45, 2.75) is 52.4 Å². The molecule has 0 N–H and O–H groups in total. The summed E-state index contributed by atoms with van der Waals surface area (Å²) in [5.74, 6) is 2.11. The van der Waals surface area contributed by atoms with Gasteiger partial charge in [-0.15, -0.1) is 0 Å². The fourth-order valence-electron chi connectivity index (χ4n) is 3.40. The maximum Gasteiger partial charge on any atom is 0.222 e. The van der Waals surface area contributed by atoms with Crippen LogP contribution in [0.5, 0.6) is 0 Å². The molecule has 128 valence electrons. The second kappa shape index (κ2) is 7.11. The third-order valence-corrected chi connectivity index (χ3v) is 4.76. The molecule has 1 fully saturated rings. The third kappa shape index (κ3) is 3.63. The highest BCUT2D eigenvalue weighted by Crippen LogP contribution is 2.26. The lowest BCUT2D eigenvalue weighted by Crippen LogP contribution is -2.39. The summed E-state index contributed by atoms with van der Waals surface area (Å²) in [4.78, 5) is 23.3. The first kappa shape index (κ1) is 16.6. The van der Waals surface area contributed by atoms with Crippen molar-refractivity contribution in [3.8, 4) is 0 Å². The van der Waals surface area contributed by atoms with Crippen molar-refractivity contribution in [3.05, 3.63) is 40.8 Å². The smallest absolute Gasteiger partial charge is 0.222 e. The number of hydrogen-bond donors (Lipinski definition) is 0. The molecule has 1 amide bonds. The molecular formula is C18H24N4O2. The SMILES string of the molecule is Cc1nccc([C@H]2CCCN(C(=O)CCc3c(C)noc3C)C2)n1. The van der Waals surface area contributed by atoms with Crippen LogP contribution in [0.1, 0.15) is 53.7 Å². The molecule has 0 radical (unpaired) electrons. The van der Waals surface area contributed by atoms with Gasteiger partial charge in [0.25, 0.3) is 0 Å². The number of aromatic nitrogens is 3. The van der Waals surface area contributed by atoms with Crippen LogP contribution in [0, 0.1) is 20.8 Å². The Bertz CT molecular complexity index is 706. The largest absolute Gasteiger partial charge is 0.361 e. The molecular weight excluding hydrogens is 304 g/mol. The van der Waals surface area contributed by atoms with E-state index in [1.54, 1.807) is 6.20 Å². The van der Waals surface area contributed by atoms with E-state index >= 15 is 0 Å². The second-order valence-electron chi connectivity index (χ2n) is 6.51. The summed E-state index contributed by atoms with van der Waals surface area (Å²) >= 11 is 0. The molecule has 6 heteroatoms. The highest BCUT2D eigenvalue weighted by atomic mass is 16.5. The lowest BCUT2D eigenvalue weighted by molar-refractivity contribution is -0.132. The first-order chi connectivity index (χ1) is 11.5. The molecule has 1 atom stereocenters. The number of likely N-dealkylation sites (tertiary alicyclic amines) is 1. The number of aryl methyl sites for hydroxylation is 3. The summed E-state index contributed by atoms with van der Waals surface area (Å²) < 4.78 is 5.17. The van der Waals surface area contributed by atoms with Crippen LogP contribution in [-0.4, -0.2) is 39.0 Å². The third-order valence-electron chi connectivity index (χ3n) is 4.76. The fraction of sp³-hybridized carbons (Fsp3) is 0.556. The number of carbonyl (C=O) groups excluding carboxylic acids is 1. The topological polar surface area (TPSA) is 72.1 Å². The normalized spacial score (nSPS) is 18.0. The molecule has 1 aliphatic rings. The zero-order chi connectivity index (χ0) is 17.1. The van der Waals surface area contributed by atoms with Gasteiger partial charge in [-0.05, 0) is 46.1 Å². The van der Waals surface area contributed by atoms with Crippen LogP contribution >= 0.6 is 0 Å². The standard InChI is InChI=1S/C18H24N4O2/c1-12-16(13(2)24-21-12)6-7-18(23)22-10-4-5-15(11-22)17-8-9-19-14(3)20-17/h8-9,15H,4-7,10-11H2,1-3H3/t15-/m0/s1. The Morgan fingerprint density at radius 3 is 2.92 bits per heavy atom. The summed E-state index contributed by atoms with van der Waals surface area (Å²) in [7, 11) is 0. The van der Waals surface area contributed by atoms with Crippen molar-refractivity contribution in [1.29, 1.82) is 0 Å². The molecule has 0 unspecified atom stereocenters. The molecule has 0 aliphatic carbocycles. The molecule has 0 spiro atoms. The van der Waals surface area contributed by atoms with Gasteiger partial charge >= 0.3 is 0 Å². The highest BCUT2D eigenvalue weighted by molar-refractivity contribution is 5.76. The van der Waals surface area contributed by atoms with Gasteiger partial charge in [-0.1, -0.05) is 5.16 Å². The summed E-state index contributed by atoms with van der Waals surface area (Å²) in [6, 6.07) is 1.97. The molecule has 0 bridgehead atoms. The number of piperidine rings is 1. The minimum Gasteiger partial charge on any atom is -0.361 e. The fourth-order valence-corrected chi connectivity index (χ4v) is 3.40.